The van der Waals surface area contributed by atoms with Gasteiger partial charge in [0.1, 0.15) is 11.6 Å². The SMILES string of the molecule is Fc1cccc(NCCCOc2ccccc2)n1. The Hall–Kier alpha value is -2.10. The molecule has 1 aromatic heterocycles. The molecule has 0 radical (unpaired) electrons. The van der Waals surface area contributed by atoms with E-state index >= 15 is 0 Å². The van der Waals surface area contributed by atoms with E-state index in [4.69, 9.17) is 4.74 Å². The summed E-state index contributed by atoms with van der Waals surface area (Å²) in [4.78, 5) is 3.71. The largest absolute Gasteiger partial charge is 0.494 e. The van der Waals surface area contributed by atoms with Gasteiger partial charge in [0, 0.05) is 6.54 Å². The van der Waals surface area contributed by atoms with E-state index in [1.807, 2.05) is 30.3 Å². The summed E-state index contributed by atoms with van der Waals surface area (Å²) in [5.74, 6) is 0.941. The highest BCUT2D eigenvalue weighted by Gasteiger charge is 1.96. The lowest BCUT2D eigenvalue weighted by Gasteiger charge is -2.07. The Morgan fingerprint density at radius 3 is 2.67 bits per heavy atom. The number of nitrogens with zero attached hydrogens (tertiary/aromatic N) is 1. The second-order valence-electron chi connectivity index (χ2n) is 3.79. The number of benzene rings is 1. The van der Waals surface area contributed by atoms with Crippen LogP contribution in [0.3, 0.4) is 0 Å². The maximum atomic E-state index is 12.8. The highest BCUT2D eigenvalue weighted by Crippen LogP contribution is 2.08. The van der Waals surface area contributed by atoms with Gasteiger partial charge >= 0.3 is 0 Å². The molecule has 0 saturated heterocycles. The molecule has 1 heterocycles. The molecule has 0 aliphatic heterocycles. The van der Waals surface area contributed by atoms with Crippen molar-refractivity contribution in [3.05, 3.63) is 54.5 Å². The van der Waals surface area contributed by atoms with E-state index in [-0.39, 0.29) is 0 Å². The second kappa shape index (κ2) is 6.59. The average molecular weight is 246 g/mol. The topological polar surface area (TPSA) is 34.1 Å². The fourth-order valence-electron chi connectivity index (χ4n) is 1.50. The molecule has 1 aromatic carbocycles. The molecule has 0 unspecified atom stereocenters. The van der Waals surface area contributed by atoms with Gasteiger partial charge in [0.2, 0.25) is 5.95 Å². The molecule has 2 rings (SSSR count). The highest BCUT2D eigenvalue weighted by atomic mass is 19.1. The quantitative estimate of drug-likeness (QED) is 0.628. The molecule has 1 N–H and O–H groups in total. The lowest BCUT2D eigenvalue weighted by atomic mass is 10.3. The van der Waals surface area contributed by atoms with Crippen LogP contribution in [0.4, 0.5) is 10.2 Å². The fourth-order valence-corrected chi connectivity index (χ4v) is 1.50. The summed E-state index contributed by atoms with van der Waals surface area (Å²) in [7, 11) is 0. The minimum Gasteiger partial charge on any atom is -0.494 e. The molecule has 0 aliphatic rings. The molecule has 3 nitrogen and oxygen atoms in total. The van der Waals surface area contributed by atoms with E-state index in [0.717, 1.165) is 12.2 Å². The van der Waals surface area contributed by atoms with Crippen LogP contribution in [0.25, 0.3) is 0 Å². The molecule has 0 atom stereocenters. The molecule has 94 valence electrons. The third kappa shape index (κ3) is 4.05. The van der Waals surface area contributed by atoms with Gasteiger partial charge in [0.25, 0.3) is 0 Å². The van der Waals surface area contributed by atoms with Crippen LogP contribution >= 0.6 is 0 Å². The standard InChI is InChI=1S/C14H15FN2O/c15-13-8-4-9-14(17-13)16-10-5-11-18-12-6-2-1-3-7-12/h1-4,6-9H,5,10-11H2,(H,16,17). The zero-order valence-corrected chi connectivity index (χ0v) is 9.97. The Morgan fingerprint density at radius 1 is 1.06 bits per heavy atom. The summed E-state index contributed by atoms with van der Waals surface area (Å²) < 4.78 is 18.3. The van der Waals surface area contributed by atoms with Crippen LogP contribution in [0.15, 0.2) is 48.5 Å². The van der Waals surface area contributed by atoms with Gasteiger partial charge in [-0.05, 0) is 30.7 Å². The first-order valence-electron chi connectivity index (χ1n) is 5.89. The number of anilines is 1. The molecular weight excluding hydrogens is 231 g/mol. The summed E-state index contributed by atoms with van der Waals surface area (Å²) >= 11 is 0. The molecule has 0 bridgehead atoms. The van der Waals surface area contributed by atoms with Crippen molar-refractivity contribution in [3.63, 3.8) is 0 Å². The number of aromatic nitrogens is 1. The molecule has 4 heteroatoms. The van der Waals surface area contributed by atoms with Crippen molar-refractivity contribution >= 4 is 5.82 Å². The molecular formula is C14H15FN2O. The van der Waals surface area contributed by atoms with Crippen molar-refractivity contribution in [2.45, 2.75) is 6.42 Å². The summed E-state index contributed by atoms with van der Waals surface area (Å²) in [6.45, 7) is 1.32. The number of hydrogen-bond acceptors (Lipinski definition) is 3. The van der Waals surface area contributed by atoms with Gasteiger partial charge in [-0.3, -0.25) is 0 Å². The number of rotatable bonds is 6. The zero-order valence-electron chi connectivity index (χ0n) is 9.97. The first kappa shape index (κ1) is 12.4. The lowest BCUT2D eigenvalue weighted by molar-refractivity contribution is 0.315. The third-order valence-electron chi connectivity index (χ3n) is 2.35. The smallest absolute Gasteiger partial charge is 0.214 e. The van der Waals surface area contributed by atoms with Gasteiger partial charge in [-0.1, -0.05) is 24.3 Å². The predicted molar refractivity (Wildman–Crippen MR) is 69.2 cm³/mol. The number of ether oxygens (including phenoxy) is 1. The predicted octanol–water partition coefficient (Wildman–Crippen LogP) is 3.10. The number of hydrogen-bond donors (Lipinski definition) is 1. The minimum atomic E-state index is -0.472. The third-order valence-corrected chi connectivity index (χ3v) is 2.35. The molecule has 0 saturated carbocycles. The molecule has 2 aromatic rings. The van der Waals surface area contributed by atoms with Gasteiger partial charge in [-0.15, -0.1) is 0 Å². The monoisotopic (exact) mass is 246 g/mol. The van der Waals surface area contributed by atoms with Crippen molar-refractivity contribution < 1.29 is 9.13 Å². The van der Waals surface area contributed by atoms with Crippen LogP contribution in [-0.4, -0.2) is 18.1 Å². The molecule has 0 amide bonds. The van der Waals surface area contributed by atoms with Gasteiger partial charge in [0.15, 0.2) is 0 Å². The van der Waals surface area contributed by atoms with Crippen LogP contribution in [0, 0.1) is 5.95 Å². The van der Waals surface area contributed by atoms with Crippen LogP contribution in [0.5, 0.6) is 5.75 Å². The number of pyridine rings is 1. The molecule has 0 aliphatic carbocycles. The highest BCUT2D eigenvalue weighted by molar-refractivity contribution is 5.33. The van der Waals surface area contributed by atoms with Gasteiger partial charge in [-0.2, -0.15) is 4.39 Å². The van der Waals surface area contributed by atoms with Crippen molar-refractivity contribution in [3.8, 4) is 5.75 Å². The van der Waals surface area contributed by atoms with Crippen LogP contribution in [0.1, 0.15) is 6.42 Å². The number of para-hydroxylation sites is 1. The van der Waals surface area contributed by atoms with Crippen LogP contribution in [0.2, 0.25) is 0 Å². The fraction of sp³-hybridized carbons (Fsp3) is 0.214. The Kier molecular flexibility index (Phi) is 4.53. The van der Waals surface area contributed by atoms with E-state index in [0.29, 0.717) is 19.0 Å². The summed E-state index contributed by atoms with van der Waals surface area (Å²) in [6.07, 6.45) is 0.826. The Bertz CT molecular complexity index is 476. The number of nitrogens with one attached hydrogen (secondary N) is 1. The van der Waals surface area contributed by atoms with E-state index in [1.54, 1.807) is 12.1 Å². The van der Waals surface area contributed by atoms with Crippen molar-refractivity contribution in [2.75, 3.05) is 18.5 Å². The maximum Gasteiger partial charge on any atom is 0.214 e. The zero-order chi connectivity index (χ0) is 12.6. The van der Waals surface area contributed by atoms with Crippen molar-refractivity contribution in [1.82, 2.24) is 4.98 Å². The van der Waals surface area contributed by atoms with Gasteiger partial charge in [0.05, 0.1) is 6.61 Å². The Balaban J connectivity index is 1.65. The van der Waals surface area contributed by atoms with Crippen LogP contribution < -0.4 is 10.1 Å². The van der Waals surface area contributed by atoms with Crippen molar-refractivity contribution in [1.29, 1.82) is 0 Å². The van der Waals surface area contributed by atoms with E-state index < -0.39 is 5.95 Å². The average Bonchev–Trinajstić information content (AvgIpc) is 2.40. The van der Waals surface area contributed by atoms with E-state index in [1.165, 1.54) is 6.07 Å². The summed E-state index contributed by atoms with van der Waals surface area (Å²) in [6, 6.07) is 14.3. The molecule has 18 heavy (non-hydrogen) atoms. The first-order valence-corrected chi connectivity index (χ1v) is 5.89. The van der Waals surface area contributed by atoms with Crippen LogP contribution in [-0.2, 0) is 0 Å². The second-order valence-corrected chi connectivity index (χ2v) is 3.79. The van der Waals surface area contributed by atoms with Crippen molar-refractivity contribution in [2.24, 2.45) is 0 Å². The Labute approximate surface area is 106 Å². The number of halogens is 1. The van der Waals surface area contributed by atoms with Gasteiger partial charge < -0.3 is 10.1 Å². The minimum absolute atomic E-state index is 0.472. The van der Waals surface area contributed by atoms with E-state index in [2.05, 4.69) is 10.3 Å². The normalized spacial score (nSPS) is 10.1. The lowest BCUT2D eigenvalue weighted by Crippen LogP contribution is -2.08. The Morgan fingerprint density at radius 2 is 1.89 bits per heavy atom. The maximum absolute atomic E-state index is 12.8. The summed E-state index contributed by atoms with van der Waals surface area (Å²) in [5.41, 5.74) is 0. The molecule has 0 fully saturated rings. The van der Waals surface area contributed by atoms with Gasteiger partial charge in [-0.25, -0.2) is 4.98 Å². The summed E-state index contributed by atoms with van der Waals surface area (Å²) in [5, 5.41) is 3.04. The van der Waals surface area contributed by atoms with E-state index in [9.17, 15) is 4.39 Å². The molecule has 0 spiro atoms. The first-order chi connectivity index (χ1) is 8.84.